The fourth-order valence-corrected chi connectivity index (χ4v) is 3.38. The number of anilines is 1. The van der Waals surface area contributed by atoms with E-state index >= 15 is 0 Å². The Morgan fingerprint density at radius 1 is 1.08 bits per heavy atom. The highest BCUT2D eigenvalue weighted by molar-refractivity contribution is 5.75. The number of hydroxylamine groups is 1. The van der Waals surface area contributed by atoms with Crippen LogP contribution < -0.4 is 5.06 Å². The number of aromatic nitrogens is 2. The van der Waals surface area contributed by atoms with E-state index in [1.165, 1.54) is 7.11 Å². The second kappa shape index (κ2) is 7.01. The molecule has 2 heterocycles. The van der Waals surface area contributed by atoms with Crippen LogP contribution in [0.3, 0.4) is 0 Å². The second-order valence-electron chi connectivity index (χ2n) is 6.07. The van der Waals surface area contributed by atoms with E-state index in [9.17, 15) is 4.79 Å². The van der Waals surface area contributed by atoms with Gasteiger partial charge in [-0.3, -0.25) is 4.79 Å². The number of rotatable bonds is 4. The maximum Gasteiger partial charge on any atom is 0.315 e. The molecular weight excluding hydrogens is 330 g/mol. The van der Waals surface area contributed by atoms with E-state index in [4.69, 9.17) is 9.57 Å². The van der Waals surface area contributed by atoms with Gasteiger partial charge in [-0.25, -0.2) is 14.9 Å². The molecule has 3 unspecified atom stereocenters. The molecule has 1 saturated heterocycles. The minimum absolute atomic E-state index is 0.321. The van der Waals surface area contributed by atoms with Crippen molar-refractivity contribution in [3.8, 4) is 0 Å². The van der Waals surface area contributed by atoms with Crippen molar-refractivity contribution in [1.82, 2.24) is 9.55 Å². The van der Waals surface area contributed by atoms with Gasteiger partial charge in [0, 0.05) is 12.4 Å². The minimum atomic E-state index is -0.546. The molecule has 1 fully saturated rings. The van der Waals surface area contributed by atoms with E-state index in [0.717, 1.165) is 11.3 Å². The van der Waals surface area contributed by atoms with Crippen LogP contribution in [0, 0.1) is 5.92 Å². The molecule has 4 rings (SSSR count). The molecule has 6 nitrogen and oxygen atoms in total. The van der Waals surface area contributed by atoms with Crippen molar-refractivity contribution in [2.45, 2.75) is 12.3 Å². The van der Waals surface area contributed by atoms with Crippen molar-refractivity contribution < 1.29 is 14.4 Å². The van der Waals surface area contributed by atoms with Crippen LogP contribution in [0.15, 0.2) is 79.4 Å². The van der Waals surface area contributed by atoms with Crippen molar-refractivity contribution in [2.75, 3.05) is 12.2 Å². The van der Waals surface area contributed by atoms with Crippen LogP contribution in [0.4, 0.5) is 5.69 Å². The maximum absolute atomic E-state index is 12.7. The Labute approximate surface area is 151 Å². The number of nitrogens with zero attached hydrogens (tertiary/aromatic N) is 3. The summed E-state index contributed by atoms with van der Waals surface area (Å²) in [6.45, 7) is 0. The molecule has 0 bridgehead atoms. The molecule has 0 N–H and O–H groups in total. The molecule has 26 heavy (non-hydrogen) atoms. The Bertz CT molecular complexity index is 853. The molecule has 2 aromatic carbocycles. The van der Waals surface area contributed by atoms with Crippen molar-refractivity contribution >= 4 is 11.7 Å². The number of hydrogen-bond donors (Lipinski definition) is 0. The first-order valence-electron chi connectivity index (χ1n) is 8.41. The molecule has 1 aromatic heterocycles. The molecule has 0 saturated carbocycles. The van der Waals surface area contributed by atoms with Crippen molar-refractivity contribution in [3.05, 3.63) is 84.9 Å². The van der Waals surface area contributed by atoms with Gasteiger partial charge in [0.15, 0.2) is 6.23 Å². The van der Waals surface area contributed by atoms with Gasteiger partial charge >= 0.3 is 5.97 Å². The lowest BCUT2D eigenvalue weighted by molar-refractivity contribution is -0.149. The van der Waals surface area contributed by atoms with Gasteiger partial charge in [-0.15, -0.1) is 0 Å². The number of carbonyl (C=O) groups is 1. The third-order valence-corrected chi connectivity index (χ3v) is 4.57. The molecule has 6 heteroatoms. The lowest BCUT2D eigenvalue weighted by atomic mass is 9.92. The third kappa shape index (κ3) is 2.84. The fraction of sp³-hybridized carbons (Fsp3) is 0.200. The highest BCUT2D eigenvalue weighted by atomic mass is 16.7. The van der Waals surface area contributed by atoms with Crippen molar-refractivity contribution in [1.29, 1.82) is 0 Å². The van der Waals surface area contributed by atoms with Gasteiger partial charge in [-0.05, 0) is 17.7 Å². The van der Waals surface area contributed by atoms with E-state index in [-0.39, 0.29) is 12.0 Å². The van der Waals surface area contributed by atoms with Gasteiger partial charge in [0.2, 0.25) is 0 Å². The monoisotopic (exact) mass is 349 g/mol. The number of imidazole rings is 1. The molecule has 0 amide bonds. The normalized spacial score (nSPS) is 22.3. The van der Waals surface area contributed by atoms with Gasteiger partial charge in [0.25, 0.3) is 0 Å². The first-order chi connectivity index (χ1) is 12.8. The SMILES string of the molecule is COC(=O)C1C(c2ccccc2)N(c2ccccc2)OC1n1ccnc1. The molecule has 1 aliphatic rings. The van der Waals surface area contributed by atoms with E-state index in [0.29, 0.717) is 0 Å². The van der Waals surface area contributed by atoms with Gasteiger partial charge in [-0.1, -0.05) is 48.5 Å². The smallest absolute Gasteiger partial charge is 0.315 e. The Morgan fingerprint density at radius 2 is 1.77 bits per heavy atom. The average Bonchev–Trinajstić information content (AvgIpc) is 3.36. The predicted octanol–water partition coefficient (Wildman–Crippen LogP) is 3.36. The summed E-state index contributed by atoms with van der Waals surface area (Å²) >= 11 is 0. The summed E-state index contributed by atoms with van der Waals surface area (Å²) in [5.74, 6) is -0.868. The lowest BCUT2D eigenvalue weighted by Gasteiger charge is -2.26. The zero-order chi connectivity index (χ0) is 17.9. The number of esters is 1. The first kappa shape index (κ1) is 16.4. The summed E-state index contributed by atoms with van der Waals surface area (Å²) in [4.78, 5) is 23.1. The quantitative estimate of drug-likeness (QED) is 0.676. The maximum atomic E-state index is 12.7. The molecule has 132 valence electrons. The van der Waals surface area contributed by atoms with Gasteiger partial charge in [-0.2, -0.15) is 0 Å². The van der Waals surface area contributed by atoms with Gasteiger partial charge in [0.1, 0.15) is 5.92 Å². The van der Waals surface area contributed by atoms with Crippen LogP contribution in [0.1, 0.15) is 17.8 Å². The summed E-state index contributed by atoms with van der Waals surface area (Å²) in [5.41, 5.74) is 1.85. The Balaban J connectivity index is 1.84. The highest BCUT2D eigenvalue weighted by Crippen LogP contribution is 2.47. The first-order valence-corrected chi connectivity index (χ1v) is 8.41. The van der Waals surface area contributed by atoms with Gasteiger partial charge < -0.3 is 9.30 Å². The molecule has 0 radical (unpaired) electrons. The number of methoxy groups -OCH3 is 1. The van der Waals surface area contributed by atoms with Crippen LogP contribution in [-0.2, 0) is 14.4 Å². The molecule has 3 aromatic rings. The summed E-state index contributed by atoms with van der Waals surface area (Å²) in [5, 5.41) is 1.79. The predicted molar refractivity (Wildman–Crippen MR) is 96.0 cm³/mol. The number of benzene rings is 2. The average molecular weight is 349 g/mol. The zero-order valence-electron chi connectivity index (χ0n) is 14.3. The molecular formula is C20H19N3O3. The number of carbonyl (C=O) groups excluding carboxylic acids is 1. The van der Waals surface area contributed by atoms with Crippen LogP contribution in [-0.4, -0.2) is 22.6 Å². The highest BCUT2D eigenvalue weighted by Gasteiger charge is 2.50. The van der Waals surface area contributed by atoms with Crippen LogP contribution in [0.2, 0.25) is 0 Å². The second-order valence-corrected chi connectivity index (χ2v) is 6.07. The summed E-state index contributed by atoms with van der Waals surface area (Å²) in [7, 11) is 1.40. The molecule has 0 spiro atoms. The third-order valence-electron chi connectivity index (χ3n) is 4.57. The van der Waals surface area contributed by atoms with E-state index in [1.54, 1.807) is 28.4 Å². The van der Waals surface area contributed by atoms with Crippen molar-refractivity contribution in [2.24, 2.45) is 5.92 Å². The Hall–Kier alpha value is -3.12. The molecule has 0 aliphatic carbocycles. The van der Waals surface area contributed by atoms with Crippen LogP contribution in [0.5, 0.6) is 0 Å². The molecule has 3 atom stereocenters. The Kier molecular flexibility index (Phi) is 4.41. The van der Waals surface area contributed by atoms with Crippen LogP contribution >= 0.6 is 0 Å². The fourth-order valence-electron chi connectivity index (χ4n) is 3.38. The summed E-state index contributed by atoms with van der Waals surface area (Å²) < 4.78 is 6.91. The number of hydrogen-bond acceptors (Lipinski definition) is 5. The lowest BCUT2D eigenvalue weighted by Crippen LogP contribution is -2.30. The minimum Gasteiger partial charge on any atom is -0.469 e. The summed E-state index contributed by atoms with van der Waals surface area (Å²) in [6, 6.07) is 19.3. The van der Waals surface area contributed by atoms with E-state index in [2.05, 4.69) is 4.98 Å². The number of para-hydroxylation sites is 1. The van der Waals surface area contributed by atoms with Crippen molar-refractivity contribution in [3.63, 3.8) is 0 Å². The topological polar surface area (TPSA) is 56.6 Å². The Morgan fingerprint density at radius 3 is 2.38 bits per heavy atom. The standard InChI is InChI=1S/C20H19N3O3/c1-25-20(24)17-18(15-8-4-2-5-9-15)23(16-10-6-3-7-11-16)26-19(17)22-13-12-21-14-22/h2-14,17-19H,1H3. The largest absolute Gasteiger partial charge is 0.469 e. The van der Waals surface area contributed by atoms with E-state index in [1.807, 2.05) is 60.7 Å². The van der Waals surface area contributed by atoms with E-state index < -0.39 is 12.1 Å². The zero-order valence-corrected chi connectivity index (χ0v) is 14.3. The summed E-state index contributed by atoms with van der Waals surface area (Å²) in [6.07, 6.45) is 4.56. The van der Waals surface area contributed by atoms with Gasteiger partial charge in [0.05, 0.1) is 25.2 Å². The number of ether oxygens (including phenoxy) is 1. The van der Waals surface area contributed by atoms with Crippen LogP contribution in [0.25, 0.3) is 0 Å². The molecule has 1 aliphatic heterocycles.